The molecule has 1 saturated heterocycles. The van der Waals surface area contributed by atoms with Gasteiger partial charge in [0.1, 0.15) is 0 Å². The molecule has 3 atom stereocenters. The van der Waals surface area contributed by atoms with Gasteiger partial charge in [0.15, 0.2) is 0 Å². The molecule has 5 heteroatoms. The topological polar surface area (TPSA) is 36.0 Å². The molecule has 0 spiro atoms. The summed E-state index contributed by atoms with van der Waals surface area (Å²) in [6, 6.07) is 21.6. The van der Waals surface area contributed by atoms with Gasteiger partial charge in [0, 0.05) is 18.3 Å². The lowest BCUT2D eigenvalue weighted by atomic mass is 9.91. The number of ether oxygens (including phenoxy) is 1. The molecule has 0 saturated carbocycles. The van der Waals surface area contributed by atoms with Crippen molar-refractivity contribution in [2.24, 2.45) is 5.92 Å². The highest BCUT2D eigenvalue weighted by Gasteiger charge is 2.47. The number of likely N-dealkylation sites (N-methyl/N-ethyl adjacent to an activating group) is 2. The average molecular weight is 430 g/mol. The zero-order valence-corrected chi connectivity index (χ0v) is 19.0. The van der Waals surface area contributed by atoms with E-state index in [1.165, 1.54) is 23.1 Å². The molecule has 2 aliphatic rings. The fourth-order valence-electron chi connectivity index (χ4n) is 5.12. The van der Waals surface area contributed by atoms with Crippen molar-refractivity contribution in [1.82, 2.24) is 14.7 Å². The van der Waals surface area contributed by atoms with E-state index in [1.807, 2.05) is 12.3 Å². The van der Waals surface area contributed by atoms with Crippen molar-refractivity contribution < 1.29 is 9.53 Å². The predicted octanol–water partition coefficient (Wildman–Crippen LogP) is 5.34. The normalized spacial score (nSPS) is 24.4. The Kier molecular flexibility index (Phi) is 6.58. The molecule has 2 heterocycles. The average Bonchev–Trinajstić information content (AvgIpc) is 3.10. The molecule has 4 rings (SSSR count). The van der Waals surface area contributed by atoms with E-state index in [0.717, 1.165) is 12.0 Å². The number of benzene rings is 2. The number of hydrogen-bond donors (Lipinski definition) is 0. The van der Waals surface area contributed by atoms with Crippen LogP contribution >= 0.6 is 0 Å². The third kappa shape index (κ3) is 4.01. The van der Waals surface area contributed by atoms with Crippen LogP contribution in [0.4, 0.5) is 4.79 Å². The standard InChI is InChI=1S/C27H31N3O2/c1-5-12-20-17-18-30(27(31)32-4)19-23(20)26-28(2)24(21-13-8-6-9-14-21)25(29(26)3)22-15-10-7-11-16-22/h5-11,13-20,24-26H,1,12H2,2-4H3/t20-,24+,25+/m1/s1. The van der Waals surface area contributed by atoms with E-state index in [-0.39, 0.29) is 24.2 Å². The van der Waals surface area contributed by atoms with E-state index < -0.39 is 6.09 Å². The maximum absolute atomic E-state index is 12.3. The Morgan fingerprint density at radius 3 is 1.97 bits per heavy atom. The summed E-state index contributed by atoms with van der Waals surface area (Å²) in [4.78, 5) is 18.7. The second-order valence-corrected chi connectivity index (χ2v) is 8.39. The highest BCUT2D eigenvalue weighted by Crippen LogP contribution is 2.48. The summed E-state index contributed by atoms with van der Waals surface area (Å²) in [7, 11) is 5.76. The van der Waals surface area contributed by atoms with Crippen LogP contribution in [0.15, 0.2) is 97.4 Å². The lowest BCUT2D eigenvalue weighted by Crippen LogP contribution is -2.41. The van der Waals surface area contributed by atoms with E-state index in [0.29, 0.717) is 0 Å². The number of nitrogens with zero attached hydrogens (tertiary/aromatic N) is 3. The number of hydrogen-bond acceptors (Lipinski definition) is 4. The number of carbonyl (C=O) groups is 1. The maximum Gasteiger partial charge on any atom is 0.417 e. The first kappa shape index (κ1) is 22.1. The molecule has 0 N–H and O–H groups in total. The number of amides is 1. The third-order valence-electron chi connectivity index (χ3n) is 6.53. The molecule has 2 aliphatic heterocycles. The number of allylic oxidation sites excluding steroid dienone is 2. The second kappa shape index (κ2) is 9.55. The summed E-state index contributed by atoms with van der Waals surface area (Å²) in [5, 5.41) is 0. The Labute approximate surface area is 190 Å². The summed E-state index contributed by atoms with van der Waals surface area (Å²) in [6.07, 6.45) is 8.17. The Morgan fingerprint density at radius 1 is 0.969 bits per heavy atom. The third-order valence-corrected chi connectivity index (χ3v) is 6.53. The molecule has 0 radical (unpaired) electrons. The van der Waals surface area contributed by atoms with Gasteiger partial charge in [0.05, 0.1) is 25.4 Å². The Hall–Kier alpha value is -3.15. The zero-order chi connectivity index (χ0) is 22.7. The van der Waals surface area contributed by atoms with E-state index in [4.69, 9.17) is 4.74 Å². The van der Waals surface area contributed by atoms with Crippen LogP contribution in [0.1, 0.15) is 29.6 Å². The maximum atomic E-state index is 12.3. The molecule has 2 aromatic carbocycles. The summed E-state index contributed by atoms with van der Waals surface area (Å²) < 4.78 is 4.97. The van der Waals surface area contributed by atoms with E-state index in [9.17, 15) is 4.79 Å². The van der Waals surface area contributed by atoms with Gasteiger partial charge in [-0.15, -0.1) is 6.58 Å². The van der Waals surface area contributed by atoms with Crippen LogP contribution in [0, 0.1) is 5.92 Å². The Morgan fingerprint density at radius 2 is 1.50 bits per heavy atom. The minimum absolute atomic E-state index is 0.00692. The zero-order valence-electron chi connectivity index (χ0n) is 19.0. The summed E-state index contributed by atoms with van der Waals surface area (Å²) in [5.74, 6) is 0.161. The van der Waals surface area contributed by atoms with Gasteiger partial charge in [-0.05, 0) is 37.2 Å². The van der Waals surface area contributed by atoms with Crippen LogP contribution in [0.3, 0.4) is 0 Å². The number of carbonyl (C=O) groups excluding carboxylic acids is 1. The number of methoxy groups -OCH3 is 1. The highest BCUT2D eigenvalue weighted by molar-refractivity contribution is 5.70. The van der Waals surface area contributed by atoms with E-state index in [2.05, 4.69) is 97.2 Å². The van der Waals surface area contributed by atoms with Gasteiger partial charge in [-0.3, -0.25) is 14.7 Å². The fourth-order valence-corrected chi connectivity index (χ4v) is 5.12. The summed E-state index contributed by atoms with van der Waals surface area (Å²) in [5.41, 5.74) is 3.70. The molecule has 2 aromatic rings. The van der Waals surface area contributed by atoms with Crippen LogP contribution in [0.25, 0.3) is 0 Å². The van der Waals surface area contributed by atoms with Crippen LogP contribution in [0.5, 0.6) is 0 Å². The molecule has 1 amide bonds. The van der Waals surface area contributed by atoms with Crippen LogP contribution < -0.4 is 0 Å². The molecule has 1 fully saturated rings. The van der Waals surface area contributed by atoms with Crippen molar-refractivity contribution >= 4 is 6.09 Å². The van der Waals surface area contributed by atoms with Gasteiger partial charge in [0.25, 0.3) is 0 Å². The monoisotopic (exact) mass is 429 g/mol. The van der Waals surface area contributed by atoms with Gasteiger partial charge in [-0.1, -0.05) is 72.8 Å². The molecule has 0 bridgehead atoms. The first-order valence-corrected chi connectivity index (χ1v) is 11.0. The SMILES string of the molecule is C=CC[C@@H]1C=CN(C(=O)OC)C=C1C1N(C)[C@@H](c2ccccc2)[C@H](c2ccccc2)N1C. The minimum Gasteiger partial charge on any atom is -0.452 e. The van der Waals surface area contributed by atoms with Crippen molar-refractivity contribution in [3.8, 4) is 0 Å². The van der Waals surface area contributed by atoms with Gasteiger partial charge in [-0.25, -0.2) is 4.79 Å². The van der Waals surface area contributed by atoms with Crippen molar-refractivity contribution in [3.63, 3.8) is 0 Å². The quantitative estimate of drug-likeness (QED) is 0.601. The fraction of sp³-hybridized carbons (Fsp3) is 0.296. The molecule has 0 aliphatic carbocycles. The Balaban J connectivity index is 1.80. The lowest BCUT2D eigenvalue weighted by molar-refractivity contribution is 0.147. The first-order valence-electron chi connectivity index (χ1n) is 11.0. The van der Waals surface area contributed by atoms with Crippen molar-refractivity contribution in [2.75, 3.05) is 21.2 Å². The molecule has 0 unspecified atom stereocenters. The minimum atomic E-state index is -0.390. The van der Waals surface area contributed by atoms with Crippen LogP contribution in [0.2, 0.25) is 0 Å². The predicted molar refractivity (Wildman–Crippen MR) is 127 cm³/mol. The van der Waals surface area contributed by atoms with Crippen molar-refractivity contribution in [1.29, 1.82) is 0 Å². The second-order valence-electron chi connectivity index (χ2n) is 8.39. The van der Waals surface area contributed by atoms with Gasteiger partial charge in [0.2, 0.25) is 0 Å². The van der Waals surface area contributed by atoms with E-state index >= 15 is 0 Å². The van der Waals surface area contributed by atoms with Crippen LogP contribution in [-0.2, 0) is 4.74 Å². The van der Waals surface area contributed by atoms with Crippen molar-refractivity contribution in [3.05, 3.63) is 108 Å². The van der Waals surface area contributed by atoms with Crippen molar-refractivity contribution in [2.45, 2.75) is 24.7 Å². The largest absolute Gasteiger partial charge is 0.452 e. The highest BCUT2D eigenvalue weighted by atomic mass is 16.5. The molecule has 166 valence electrons. The van der Waals surface area contributed by atoms with Gasteiger partial charge >= 0.3 is 6.09 Å². The van der Waals surface area contributed by atoms with Gasteiger partial charge < -0.3 is 4.74 Å². The first-order chi connectivity index (χ1) is 15.6. The smallest absolute Gasteiger partial charge is 0.417 e. The summed E-state index contributed by atoms with van der Waals surface area (Å²) in [6.45, 7) is 3.96. The molecule has 5 nitrogen and oxygen atoms in total. The molecular weight excluding hydrogens is 398 g/mol. The Bertz CT molecular complexity index is 951. The van der Waals surface area contributed by atoms with Crippen LogP contribution in [-0.4, -0.2) is 48.2 Å². The lowest BCUT2D eigenvalue weighted by Gasteiger charge is -2.35. The molecule has 0 aromatic heterocycles. The van der Waals surface area contributed by atoms with E-state index in [1.54, 1.807) is 6.20 Å². The number of rotatable bonds is 5. The summed E-state index contributed by atoms with van der Waals surface area (Å²) >= 11 is 0. The molecular formula is C27H31N3O2. The molecule has 32 heavy (non-hydrogen) atoms. The van der Waals surface area contributed by atoms with Gasteiger partial charge in [-0.2, -0.15) is 0 Å².